The minimum Gasteiger partial charge on any atom is -0.507 e. The summed E-state index contributed by atoms with van der Waals surface area (Å²) in [5, 5.41) is 19.6. The first kappa shape index (κ1) is 26.7. The maximum absolute atomic E-state index is 13.3. The zero-order valence-electron chi connectivity index (χ0n) is 20.7. The van der Waals surface area contributed by atoms with Crippen molar-refractivity contribution in [3.8, 4) is 5.75 Å². The van der Waals surface area contributed by atoms with Crippen LogP contribution in [0.3, 0.4) is 0 Å². The van der Waals surface area contributed by atoms with Crippen LogP contribution in [-0.2, 0) is 23.9 Å². The minimum absolute atomic E-state index is 0. The minimum atomic E-state index is -0.302. The van der Waals surface area contributed by atoms with E-state index in [2.05, 4.69) is 0 Å². The lowest BCUT2D eigenvalue weighted by Crippen LogP contribution is -2.28. The van der Waals surface area contributed by atoms with Gasteiger partial charge in [0.2, 0.25) is 5.62 Å². The third-order valence-electron chi connectivity index (χ3n) is 5.84. The van der Waals surface area contributed by atoms with Crippen molar-refractivity contribution in [2.24, 2.45) is 0 Å². The fraction of sp³-hybridized carbons (Fsp3) is 0.407. The van der Waals surface area contributed by atoms with E-state index in [0.29, 0.717) is 17.7 Å². The number of hydrogen-bond donors (Lipinski definition) is 2. The molecule has 0 bridgehead atoms. The molecule has 6 heteroatoms. The van der Waals surface area contributed by atoms with Crippen LogP contribution in [0.4, 0.5) is 0 Å². The predicted molar refractivity (Wildman–Crippen MR) is 139 cm³/mol. The Morgan fingerprint density at radius 3 is 1.97 bits per heavy atom. The number of ketones is 1. The summed E-state index contributed by atoms with van der Waals surface area (Å²) in [6.07, 6.45) is 1.86. The Hall–Kier alpha value is -2.60. The first-order chi connectivity index (χ1) is 14.8. The molecule has 0 radical (unpaired) electrons. The van der Waals surface area contributed by atoms with E-state index in [1.54, 1.807) is 4.57 Å². The van der Waals surface area contributed by atoms with Crippen LogP contribution in [0.5, 0.6) is 5.75 Å². The summed E-state index contributed by atoms with van der Waals surface area (Å²) >= 11 is 0. The number of carbonyl (C=O) groups is 1. The van der Waals surface area contributed by atoms with Crippen LogP contribution in [0.25, 0.3) is 0 Å². The van der Waals surface area contributed by atoms with Crippen LogP contribution < -0.4 is 5.62 Å². The number of halogens is 1. The van der Waals surface area contributed by atoms with Gasteiger partial charge in [0.25, 0.3) is 0 Å². The van der Waals surface area contributed by atoms with E-state index in [1.165, 1.54) is 0 Å². The Morgan fingerprint density at radius 1 is 0.970 bits per heavy atom. The molecule has 0 fully saturated rings. The van der Waals surface area contributed by atoms with E-state index in [4.69, 9.17) is 5.41 Å². The van der Waals surface area contributed by atoms with Crippen LogP contribution in [0.1, 0.15) is 74.3 Å². The van der Waals surface area contributed by atoms with Gasteiger partial charge in [-0.3, -0.25) is 10.2 Å². The van der Waals surface area contributed by atoms with Gasteiger partial charge in [-0.2, -0.15) is 0 Å². The lowest BCUT2D eigenvalue weighted by Gasteiger charge is -2.28. The molecule has 0 saturated carbocycles. The van der Waals surface area contributed by atoms with Crippen molar-refractivity contribution in [2.75, 3.05) is 0 Å². The number of phenolic OH excluding ortho intramolecular Hbond substituents is 1. The number of aryl methyl sites for hydroxylation is 1. The van der Waals surface area contributed by atoms with Gasteiger partial charge in [-0.1, -0.05) is 71.9 Å². The van der Waals surface area contributed by atoms with Crippen molar-refractivity contribution in [3.63, 3.8) is 0 Å². The number of benzene rings is 2. The monoisotopic (exact) mass is 513 g/mol. The van der Waals surface area contributed by atoms with Gasteiger partial charge in [-0.05, 0) is 35.4 Å². The molecule has 0 unspecified atom stereocenters. The van der Waals surface area contributed by atoms with Crippen molar-refractivity contribution >= 4 is 22.8 Å². The molecule has 2 aromatic carbocycles. The predicted octanol–water partition coefficient (Wildman–Crippen LogP) is 5.89. The Balaban J connectivity index is 0.00000385. The van der Waals surface area contributed by atoms with Gasteiger partial charge in [0.15, 0.2) is 5.78 Å². The van der Waals surface area contributed by atoms with E-state index in [9.17, 15) is 9.90 Å². The average Bonchev–Trinajstić information content (AvgIpc) is 2.94. The Bertz CT molecular complexity index is 1160. The molecule has 5 nitrogen and oxygen atoms in total. The molecule has 0 atom stereocenters. The fourth-order valence-electron chi connectivity index (χ4n) is 3.95. The van der Waals surface area contributed by atoms with Crippen LogP contribution in [0, 0.1) is 12.3 Å². The van der Waals surface area contributed by atoms with Gasteiger partial charge in [0.1, 0.15) is 5.75 Å². The van der Waals surface area contributed by atoms with E-state index < -0.39 is 0 Å². The Labute approximate surface area is 207 Å². The highest BCUT2D eigenvalue weighted by atomic mass is 79.9. The normalized spacial score (nSPS) is 11.8. The summed E-state index contributed by atoms with van der Waals surface area (Å²) in [5.41, 5.74) is 3.84. The molecule has 178 valence electrons. The summed E-state index contributed by atoms with van der Waals surface area (Å²) in [4.78, 5) is 13.3. The lowest BCUT2D eigenvalue weighted by molar-refractivity contribution is 0.0970. The number of aromatic nitrogens is 2. The highest BCUT2D eigenvalue weighted by Crippen LogP contribution is 2.39. The van der Waals surface area contributed by atoms with Gasteiger partial charge in [-0.25, -0.2) is 0 Å². The summed E-state index contributed by atoms with van der Waals surface area (Å²) in [6.45, 7) is 14.8. The number of hydrogen-bond acceptors (Lipinski definition) is 3. The van der Waals surface area contributed by atoms with Crippen molar-refractivity contribution in [2.45, 2.75) is 72.4 Å². The number of nitrogens with one attached hydrogen (secondary N) is 1. The van der Waals surface area contributed by atoms with Crippen molar-refractivity contribution in [1.29, 1.82) is 5.41 Å². The van der Waals surface area contributed by atoms with E-state index in [-0.39, 0.29) is 45.9 Å². The first-order valence-corrected chi connectivity index (χ1v) is 11.1. The zero-order valence-corrected chi connectivity index (χ0v) is 22.4. The molecular formula is C27H36BrN3O2. The molecule has 2 N–H and O–H groups in total. The number of phenols is 1. The molecule has 0 amide bonds. The van der Waals surface area contributed by atoms with Gasteiger partial charge >= 0.3 is 0 Å². The second-order valence-corrected chi connectivity index (χ2v) is 10.6. The van der Waals surface area contributed by atoms with Crippen LogP contribution >= 0.6 is 17.0 Å². The molecule has 1 heterocycles. The van der Waals surface area contributed by atoms with E-state index >= 15 is 0 Å². The molecule has 0 spiro atoms. The van der Waals surface area contributed by atoms with Crippen LogP contribution in [0.15, 0.2) is 48.7 Å². The standard InChI is InChI=1S/C27H35N3O2.BrH/c1-18-15-29(25(28)30(18)16-19-11-9-8-10-12-19)17-23(31)20-13-21(26(2,3)4)24(32)22(14-20)27(5,6)7;/h8-15,28,32H,16-17H2,1-7H3;1H. The number of imidazole rings is 1. The number of carbonyl (C=O) groups excluding carboxylic acids is 1. The lowest BCUT2D eigenvalue weighted by atomic mass is 9.78. The van der Waals surface area contributed by atoms with E-state index in [0.717, 1.165) is 22.4 Å². The summed E-state index contributed by atoms with van der Waals surface area (Å²) in [6, 6.07) is 13.6. The van der Waals surface area contributed by atoms with Gasteiger partial charge < -0.3 is 14.2 Å². The molecule has 0 aliphatic heterocycles. The van der Waals surface area contributed by atoms with Crippen molar-refractivity contribution < 1.29 is 9.90 Å². The van der Waals surface area contributed by atoms with Crippen LogP contribution in [0.2, 0.25) is 0 Å². The molecular weight excluding hydrogens is 478 g/mol. The van der Waals surface area contributed by atoms with Crippen molar-refractivity contribution in [1.82, 2.24) is 9.13 Å². The second-order valence-electron chi connectivity index (χ2n) is 10.6. The first-order valence-electron chi connectivity index (χ1n) is 11.1. The largest absolute Gasteiger partial charge is 0.507 e. The third-order valence-corrected chi connectivity index (χ3v) is 5.84. The summed E-state index contributed by atoms with van der Waals surface area (Å²) < 4.78 is 3.60. The molecule has 0 aliphatic carbocycles. The molecule has 3 rings (SSSR count). The maximum atomic E-state index is 13.3. The Morgan fingerprint density at radius 2 is 1.48 bits per heavy atom. The zero-order chi connectivity index (χ0) is 23.8. The summed E-state index contributed by atoms with van der Waals surface area (Å²) in [7, 11) is 0. The smallest absolute Gasteiger partial charge is 0.202 e. The van der Waals surface area contributed by atoms with Crippen LogP contribution in [-0.4, -0.2) is 20.0 Å². The SMILES string of the molecule is Br.Cc1cn(CC(=O)c2cc(C(C)(C)C)c(O)c(C(C)(C)C)c2)c(=N)n1Cc1ccccc1. The molecule has 33 heavy (non-hydrogen) atoms. The number of Topliss-reactive ketones (excluding diaryl/α,β-unsaturated/α-hetero) is 1. The van der Waals surface area contributed by atoms with Gasteiger partial charge in [0, 0.05) is 28.6 Å². The maximum Gasteiger partial charge on any atom is 0.202 e. The Kier molecular flexibility index (Phi) is 7.85. The molecule has 0 saturated heterocycles. The summed E-state index contributed by atoms with van der Waals surface area (Å²) in [5.74, 6) is 0.191. The van der Waals surface area contributed by atoms with Gasteiger partial charge in [-0.15, -0.1) is 17.0 Å². The average molecular weight is 515 g/mol. The molecule has 1 aromatic heterocycles. The highest BCUT2D eigenvalue weighted by molar-refractivity contribution is 8.93. The topological polar surface area (TPSA) is 71.0 Å². The third kappa shape index (κ3) is 5.85. The number of rotatable bonds is 5. The quantitative estimate of drug-likeness (QED) is 0.417. The fourth-order valence-corrected chi connectivity index (χ4v) is 3.95. The molecule has 0 aliphatic rings. The van der Waals surface area contributed by atoms with Gasteiger partial charge in [0.05, 0.1) is 13.1 Å². The van der Waals surface area contributed by atoms with Crippen molar-refractivity contribution in [3.05, 3.63) is 82.2 Å². The van der Waals surface area contributed by atoms with E-state index in [1.807, 2.05) is 102 Å². The number of nitrogens with zero attached hydrogens (tertiary/aromatic N) is 2. The number of aromatic hydroxyl groups is 1. The second kappa shape index (κ2) is 9.72. The molecule has 3 aromatic rings. The highest BCUT2D eigenvalue weighted by Gasteiger charge is 2.28.